The Labute approximate surface area is 221 Å². The fraction of sp³-hybridized carbons (Fsp3) is 0.333. The van der Waals surface area contributed by atoms with Gasteiger partial charge in [-0.2, -0.15) is 4.99 Å². The number of aliphatic hydroxyl groups is 1. The molecule has 3 aliphatic rings. The van der Waals surface area contributed by atoms with Crippen LogP contribution in [0.3, 0.4) is 0 Å². The number of anilines is 2. The summed E-state index contributed by atoms with van der Waals surface area (Å²) in [5.41, 5.74) is 3.07. The smallest absolute Gasteiger partial charge is 0.308 e. The van der Waals surface area contributed by atoms with E-state index in [1.165, 1.54) is 0 Å². The van der Waals surface area contributed by atoms with Gasteiger partial charge in [0.2, 0.25) is 12.6 Å². The number of aliphatic imine (C=N–C) groups is 1. The van der Waals surface area contributed by atoms with Crippen molar-refractivity contribution in [3.05, 3.63) is 78.0 Å². The molecule has 38 heavy (non-hydrogen) atoms. The van der Waals surface area contributed by atoms with Gasteiger partial charge in [0.25, 0.3) is 5.91 Å². The van der Waals surface area contributed by atoms with E-state index in [1.807, 2.05) is 41.6 Å². The van der Waals surface area contributed by atoms with E-state index in [0.29, 0.717) is 44.4 Å². The van der Waals surface area contributed by atoms with Gasteiger partial charge in [0.1, 0.15) is 11.5 Å². The van der Waals surface area contributed by atoms with Crippen LogP contribution in [0.2, 0.25) is 0 Å². The Kier molecular flexibility index (Phi) is 7.78. The van der Waals surface area contributed by atoms with Gasteiger partial charge >= 0.3 is 5.84 Å². The number of morpholine rings is 1. The number of nitrogens with one attached hydrogen (secondary N) is 2. The second-order valence-corrected chi connectivity index (χ2v) is 9.33. The van der Waals surface area contributed by atoms with Crippen LogP contribution in [0.1, 0.15) is 22.8 Å². The molecule has 1 saturated heterocycles. The number of carbonyl (C=O) groups is 2. The van der Waals surface area contributed by atoms with Crippen LogP contribution in [-0.2, 0) is 16.0 Å². The monoisotopic (exact) mass is 517 g/mol. The Morgan fingerprint density at radius 1 is 1.21 bits per heavy atom. The third-order valence-electron chi connectivity index (χ3n) is 6.41. The van der Waals surface area contributed by atoms with Crippen LogP contribution in [0, 0.1) is 0 Å². The van der Waals surface area contributed by atoms with Gasteiger partial charge in [-0.3, -0.25) is 14.5 Å². The summed E-state index contributed by atoms with van der Waals surface area (Å²) in [7, 11) is 0. The quantitative estimate of drug-likeness (QED) is 0.452. The van der Waals surface area contributed by atoms with Gasteiger partial charge in [0, 0.05) is 37.2 Å². The van der Waals surface area contributed by atoms with Crippen molar-refractivity contribution in [2.24, 2.45) is 4.99 Å². The van der Waals surface area contributed by atoms with Crippen molar-refractivity contribution < 1.29 is 19.4 Å². The number of amides is 2. The number of benzene rings is 1. The minimum absolute atomic E-state index is 0.0506. The number of carbonyl (C=O) groups excluding carboxylic acids is 2. The van der Waals surface area contributed by atoms with E-state index in [1.54, 1.807) is 36.4 Å². The number of hydrogen-bond acceptors (Lipinski definition) is 9. The van der Waals surface area contributed by atoms with Crippen molar-refractivity contribution >= 4 is 29.2 Å². The third kappa shape index (κ3) is 5.91. The maximum Gasteiger partial charge on any atom is 0.308 e. The molecule has 2 amide bonds. The van der Waals surface area contributed by atoms with Crippen molar-refractivity contribution in [3.8, 4) is 0 Å². The summed E-state index contributed by atoms with van der Waals surface area (Å²) >= 11 is 0. The number of amidine groups is 1. The highest BCUT2D eigenvalue weighted by Crippen LogP contribution is 2.25. The van der Waals surface area contributed by atoms with Crippen molar-refractivity contribution in [1.82, 2.24) is 20.1 Å². The summed E-state index contributed by atoms with van der Waals surface area (Å²) in [5, 5.41) is 15.3. The number of rotatable bonds is 8. The molecule has 11 nitrogen and oxygen atoms in total. The van der Waals surface area contributed by atoms with Gasteiger partial charge in [-0.1, -0.05) is 17.0 Å². The van der Waals surface area contributed by atoms with Crippen molar-refractivity contribution in [2.45, 2.75) is 19.4 Å². The first kappa shape index (κ1) is 25.6. The molecule has 0 aliphatic carbocycles. The lowest BCUT2D eigenvalue weighted by Gasteiger charge is -2.27. The molecule has 11 heteroatoms. The van der Waals surface area contributed by atoms with Crippen LogP contribution in [-0.4, -0.2) is 78.3 Å². The fourth-order valence-corrected chi connectivity index (χ4v) is 4.41. The molecule has 197 valence electrons. The van der Waals surface area contributed by atoms with Gasteiger partial charge in [-0.05, 0) is 36.8 Å². The van der Waals surface area contributed by atoms with Crippen LogP contribution < -0.4 is 20.4 Å². The molecule has 5 rings (SSSR count). The molecule has 0 bridgehead atoms. The summed E-state index contributed by atoms with van der Waals surface area (Å²) in [5.74, 6) is 1.17. The van der Waals surface area contributed by atoms with E-state index >= 15 is 0 Å². The average Bonchev–Trinajstić information content (AvgIpc) is 3.43. The van der Waals surface area contributed by atoms with Crippen LogP contribution in [0.4, 0.5) is 11.5 Å². The maximum absolute atomic E-state index is 12.7. The minimum atomic E-state index is -0.288. The zero-order valence-electron chi connectivity index (χ0n) is 21.2. The van der Waals surface area contributed by atoms with Crippen molar-refractivity contribution in [1.29, 1.82) is 0 Å². The zero-order chi connectivity index (χ0) is 26.5. The number of pyridine rings is 1. The van der Waals surface area contributed by atoms with Gasteiger partial charge in [0.05, 0.1) is 38.0 Å². The second-order valence-electron chi connectivity index (χ2n) is 9.33. The SMILES string of the molecule is C[C@@H](CO)NC(=O)Cc1cccc(N2C=C(Nc3ccc(C(=O)N4CCOCC4)cn3)C3=NC=C[N+]3C2)c1. The normalized spacial score (nSPS) is 17.9. The highest BCUT2D eigenvalue weighted by atomic mass is 16.5. The molecular weight excluding hydrogens is 486 g/mol. The summed E-state index contributed by atoms with van der Waals surface area (Å²) in [6, 6.07) is 11.1. The molecule has 1 radical (unpaired) electrons. The summed E-state index contributed by atoms with van der Waals surface area (Å²) < 4.78 is 5.33. The highest BCUT2D eigenvalue weighted by molar-refractivity contribution is 6.06. The molecule has 2 aromatic rings. The first-order chi connectivity index (χ1) is 18.5. The molecule has 4 heterocycles. The average molecular weight is 518 g/mol. The van der Waals surface area contributed by atoms with E-state index in [9.17, 15) is 14.7 Å². The standard InChI is InChI=1S/C27H31N7O4/c1-19(17-35)30-25(36)14-20-3-2-4-22(13-20)34-16-23(26-28-7-8-33(26)18-34)31-24-6-5-21(15-29-24)27(37)32-9-11-38-12-10-32/h2-8,13,15-16,19,35H,9-12,14,17-18H2,1H3,(H,29,31)(H,30,36)/q+1/t19-/m0/s1. The molecule has 1 aromatic carbocycles. The molecule has 1 fully saturated rings. The van der Waals surface area contributed by atoms with E-state index in [2.05, 4.69) is 25.5 Å². The molecule has 3 N–H and O–H groups in total. The van der Waals surface area contributed by atoms with Gasteiger partial charge < -0.3 is 25.4 Å². The number of nitrogens with zero attached hydrogens (tertiary/aromatic N) is 5. The number of hydrogen-bond donors (Lipinski definition) is 3. The minimum Gasteiger partial charge on any atom is -0.394 e. The van der Waals surface area contributed by atoms with Gasteiger partial charge in [-0.25, -0.2) is 4.98 Å². The van der Waals surface area contributed by atoms with Crippen molar-refractivity contribution in [2.75, 3.05) is 49.8 Å². The number of fused-ring (bicyclic) bond motifs is 1. The lowest BCUT2D eigenvalue weighted by Crippen LogP contribution is -2.46. The number of aromatic nitrogens is 1. The van der Waals surface area contributed by atoms with Gasteiger partial charge in [0.15, 0.2) is 6.20 Å². The van der Waals surface area contributed by atoms with E-state index in [-0.39, 0.29) is 30.9 Å². The first-order valence-corrected chi connectivity index (χ1v) is 12.6. The summed E-state index contributed by atoms with van der Waals surface area (Å²) in [6.07, 6.45) is 7.41. The Morgan fingerprint density at radius 2 is 2.05 bits per heavy atom. The first-order valence-electron chi connectivity index (χ1n) is 12.6. The Bertz CT molecular complexity index is 1270. The Balaban J connectivity index is 1.31. The van der Waals surface area contributed by atoms with E-state index in [4.69, 9.17) is 4.74 Å². The van der Waals surface area contributed by atoms with E-state index in [0.717, 1.165) is 22.8 Å². The molecule has 0 saturated carbocycles. The Morgan fingerprint density at radius 3 is 2.82 bits per heavy atom. The zero-order valence-corrected chi connectivity index (χ0v) is 21.2. The van der Waals surface area contributed by atoms with Crippen LogP contribution in [0.25, 0.3) is 0 Å². The molecular formula is C27H31N7O4+. The lowest BCUT2D eigenvalue weighted by molar-refractivity contribution is -0.121. The summed E-state index contributed by atoms with van der Waals surface area (Å²) in [6.45, 7) is 4.47. The molecule has 3 aliphatic heterocycles. The predicted molar refractivity (Wildman–Crippen MR) is 144 cm³/mol. The van der Waals surface area contributed by atoms with Crippen LogP contribution in [0.5, 0.6) is 0 Å². The topological polar surface area (TPSA) is 125 Å². The summed E-state index contributed by atoms with van der Waals surface area (Å²) in [4.78, 5) is 39.9. The second kappa shape index (κ2) is 11.5. The van der Waals surface area contributed by atoms with Crippen LogP contribution in [0.15, 0.2) is 71.9 Å². The Hall–Kier alpha value is -4.06. The number of aliphatic hydroxyl groups excluding tert-OH is 1. The fourth-order valence-electron chi connectivity index (χ4n) is 4.41. The molecule has 0 unspecified atom stereocenters. The van der Waals surface area contributed by atoms with Crippen LogP contribution >= 0.6 is 0 Å². The van der Waals surface area contributed by atoms with Gasteiger partial charge in [-0.15, -0.1) is 0 Å². The lowest BCUT2D eigenvalue weighted by atomic mass is 10.1. The molecule has 0 spiro atoms. The number of ether oxygens (including phenoxy) is 1. The molecule has 1 aromatic heterocycles. The third-order valence-corrected chi connectivity index (χ3v) is 6.41. The maximum atomic E-state index is 12.7. The highest BCUT2D eigenvalue weighted by Gasteiger charge is 2.36. The largest absolute Gasteiger partial charge is 0.394 e. The molecule has 1 atom stereocenters. The predicted octanol–water partition coefficient (Wildman–Crippen LogP) is 1.35. The van der Waals surface area contributed by atoms with E-state index < -0.39 is 0 Å². The van der Waals surface area contributed by atoms with Crippen molar-refractivity contribution in [3.63, 3.8) is 0 Å².